The standard InChI is InChI=1S/C23H25N3O/c1-17-6-2-4-8-20(17)22-16-26(13-12-25-22)23(27)11-10-19-15-24-14-18-7-3-5-9-21(18)19/h2-9,14-15,22,25H,10-13,16H2,1H3. The lowest BCUT2D eigenvalue weighted by atomic mass is 9.99. The van der Waals surface area contributed by atoms with Crippen LogP contribution in [0.5, 0.6) is 0 Å². The molecule has 1 aliphatic rings. The second-order valence-electron chi connectivity index (χ2n) is 7.22. The van der Waals surface area contributed by atoms with Crippen molar-refractivity contribution in [2.75, 3.05) is 19.6 Å². The molecule has 2 aromatic carbocycles. The fraction of sp³-hybridized carbons (Fsp3) is 0.304. The van der Waals surface area contributed by atoms with Crippen LogP contribution < -0.4 is 5.32 Å². The number of fused-ring (bicyclic) bond motifs is 1. The molecule has 1 saturated heterocycles. The molecule has 1 aliphatic heterocycles. The lowest BCUT2D eigenvalue weighted by Gasteiger charge is -2.34. The second-order valence-corrected chi connectivity index (χ2v) is 7.22. The van der Waals surface area contributed by atoms with Crippen LogP contribution in [-0.4, -0.2) is 35.4 Å². The lowest BCUT2D eigenvalue weighted by Crippen LogP contribution is -2.48. The fourth-order valence-electron chi connectivity index (χ4n) is 3.94. The van der Waals surface area contributed by atoms with E-state index in [2.05, 4.69) is 53.6 Å². The average Bonchev–Trinajstić information content (AvgIpc) is 2.72. The molecule has 0 spiro atoms. The summed E-state index contributed by atoms with van der Waals surface area (Å²) in [5.74, 6) is 0.225. The predicted molar refractivity (Wildman–Crippen MR) is 109 cm³/mol. The maximum Gasteiger partial charge on any atom is 0.223 e. The van der Waals surface area contributed by atoms with Gasteiger partial charge in [-0.25, -0.2) is 0 Å². The molecule has 2 heterocycles. The summed E-state index contributed by atoms with van der Waals surface area (Å²) in [5, 5.41) is 5.88. The van der Waals surface area contributed by atoms with Crippen molar-refractivity contribution in [2.24, 2.45) is 0 Å². The largest absolute Gasteiger partial charge is 0.340 e. The second kappa shape index (κ2) is 7.89. The molecule has 0 radical (unpaired) electrons. The number of nitrogens with zero attached hydrogens (tertiary/aromatic N) is 2. The van der Waals surface area contributed by atoms with Crippen molar-refractivity contribution >= 4 is 16.7 Å². The Morgan fingerprint density at radius 1 is 1.15 bits per heavy atom. The van der Waals surface area contributed by atoms with Crippen molar-refractivity contribution in [3.8, 4) is 0 Å². The van der Waals surface area contributed by atoms with E-state index in [1.165, 1.54) is 16.5 Å². The molecule has 0 aliphatic carbocycles. The van der Waals surface area contributed by atoms with Crippen molar-refractivity contribution in [1.82, 2.24) is 15.2 Å². The van der Waals surface area contributed by atoms with E-state index in [1.54, 1.807) is 0 Å². The molecule has 1 N–H and O–H groups in total. The highest BCUT2D eigenvalue weighted by molar-refractivity contribution is 5.85. The van der Waals surface area contributed by atoms with Gasteiger partial charge in [0.05, 0.1) is 6.04 Å². The summed E-state index contributed by atoms with van der Waals surface area (Å²) in [6.45, 7) is 4.47. The van der Waals surface area contributed by atoms with Gasteiger partial charge in [-0.05, 0) is 35.4 Å². The minimum atomic E-state index is 0.211. The van der Waals surface area contributed by atoms with Gasteiger partial charge in [-0.15, -0.1) is 0 Å². The highest BCUT2D eigenvalue weighted by Crippen LogP contribution is 2.22. The van der Waals surface area contributed by atoms with Gasteiger partial charge in [-0.3, -0.25) is 9.78 Å². The Morgan fingerprint density at radius 2 is 1.96 bits per heavy atom. The van der Waals surface area contributed by atoms with E-state index < -0.39 is 0 Å². The van der Waals surface area contributed by atoms with Gasteiger partial charge in [-0.2, -0.15) is 0 Å². The van der Waals surface area contributed by atoms with Gasteiger partial charge in [0.1, 0.15) is 0 Å². The summed E-state index contributed by atoms with van der Waals surface area (Å²) in [6.07, 6.45) is 5.02. The van der Waals surface area contributed by atoms with Crippen LogP contribution in [0.3, 0.4) is 0 Å². The molecule has 4 heteroatoms. The summed E-state index contributed by atoms with van der Waals surface area (Å²) in [7, 11) is 0. The quantitative estimate of drug-likeness (QED) is 0.773. The maximum atomic E-state index is 12.8. The van der Waals surface area contributed by atoms with Crippen LogP contribution in [0.1, 0.15) is 29.2 Å². The van der Waals surface area contributed by atoms with E-state index in [-0.39, 0.29) is 11.9 Å². The van der Waals surface area contributed by atoms with Gasteiger partial charge in [0.15, 0.2) is 0 Å². The number of hydrogen-bond acceptors (Lipinski definition) is 3. The van der Waals surface area contributed by atoms with Gasteiger partial charge in [0.2, 0.25) is 5.91 Å². The zero-order valence-electron chi connectivity index (χ0n) is 15.7. The van der Waals surface area contributed by atoms with Gasteiger partial charge < -0.3 is 10.2 Å². The monoisotopic (exact) mass is 359 g/mol. The minimum absolute atomic E-state index is 0.211. The number of carbonyl (C=O) groups excluding carboxylic acids is 1. The summed E-state index contributed by atoms with van der Waals surface area (Å²) < 4.78 is 0. The Morgan fingerprint density at radius 3 is 2.85 bits per heavy atom. The smallest absolute Gasteiger partial charge is 0.223 e. The Balaban J connectivity index is 1.43. The number of benzene rings is 2. The first kappa shape index (κ1) is 17.7. The van der Waals surface area contributed by atoms with Crippen molar-refractivity contribution in [2.45, 2.75) is 25.8 Å². The number of nitrogens with one attached hydrogen (secondary N) is 1. The predicted octanol–water partition coefficient (Wildman–Crippen LogP) is 3.65. The van der Waals surface area contributed by atoms with Gasteiger partial charge >= 0.3 is 0 Å². The molecule has 1 aromatic heterocycles. The van der Waals surface area contributed by atoms with Crippen molar-refractivity contribution in [3.63, 3.8) is 0 Å². The Kier molecular flexibility index (Phi) is 5.16. The van der Waals surface area contributed by atoms with E-state index in [1.807, 2.05) is 29.4 Å². The van der Waals surface area contributed by atoms with Gasteiger partial charge in [0.25, 0.3) is 0 Å². The van der Waals surface area contributed by atoms with Crippen LogP contribution in [0.2, 0.25) is 0 Å². The highest BCUT2D eigenvalue weighted by atomic mass is 16.2. The number of hydrogen-bond donors (Lipinski definition) is 1. The SMILES string of the molecule is Cc1ccccc1C1CN(C(=O)CCc2cncc3ccccc23)CCN1. The number of piperazine rings is 1. The van der Waals surface area contributed by atoms with Crippen LogP contribution in [0.15, 0.2) is 60.9 Å². The summed E-state index contributed by atoms with van der Waals surface area (Å²) in [6, 6.07) is 16.9. The van der Waals surface area contributed by atoms with E-state index in [4.69, 9.17) is 0 Å². The van der Waals surface area contributed by atoms with Crippen LogP contribution in [-0.2, 0) is 11.2 Å². The number of carbonyl (C=O) groups is 1. The van der Waals surface area contributed by atoms with E-state index in [0.29, 0.717) is 6.42 Å². The normalized spacial score (nSPS) is 17.2. The molecule has 4 rings (SSSR count). The molecular weight excluding hydrogens is 334 g/mol. The number of aryl methyl sites for hydroxylation is 2. The molecule has 0 bridgehead atoms. The molecule has 27 heavy (non-hydrogen) atoms. The maximum absolute atomic E-state index is 12.8. The van der Waals surface area contributed by atoms with Crippen LogP contribution >= 0.6 is 0 Å². The van der Waals surface area contributed by atoms with Gasteiger partial charge in [-0.1, -0.05) is 48.5 Å². The number of pyridine rings is 1. The molecule has 1 atom stereocenters. The van der Waals surface area contributed by atoms with Crippen LogP contribution in [0.4, 0.5) is 0 Å². The fourth-order valence-corrected chi connectivity index (χ4v) is 3.94. The molecule has 1 amide bonds. The zero-order valence-corrected chi connectivity index (χ0v) is 15.7. The van der Waals surface area contributed by atoms with Gasteiger partial charge in [0, 0.05) is 43.8 Å². The Labute approximate surface area is 160 Å². The third-order valence-corrected chi connectivity index (χ3v) is 5.45. The summed E-state index contributed by atoms with van der Waals surface area (Å²) in [5.41, 5.74) is 3.70. The lowest BCUT2D eigenvalue weighted by molar-refractivity contribution is -0.132. The molecule has 138 valence electrons. The Hall–Kier alpha value is -2.72. The number of rotatable bonds is 4. The summed E-state index contributed by atoms with van der Waals surface area (Å²) >= 11 is 0. The summed E-state index contributed by atoms with van der Waals surface area (Å²) in [4.78, 5) is 19.2. The first-order valence-electron chi connectivity index (χ1n) is 9.60. The van der Waals surface area contributed by atoms with Crippen molar-refractivity contribution < 1.29 is 4.79 Å². The highest BCUT2D eigenvalue weighted by Gasteiger charge is 2.24. The number of amides is 1. The van der Waals surface area contributed by atoms with Crippen molar-refractivity contribution in [3.05, 3.63) is 77.6 Å². The van der Waals surface area contributed by atoms with E-state index in [9.17, 15) is 4.79 Å². The molecule has 1 fully saturated rings. The van der Waals surface area contributed by atoms with Crippen LogP contribution in [0, 0.1) is 6.92 Å². The zero-order chi connectivity index (χ0) is 18.6. The third kappa shape index (κ3) is 3.86. The topological polar surface area (TPSA) is 45.2 Å². The van der Waals surface area contributed by atoms with Crippen LogP contribution in [0.25, 0.3) is 10.8 Å². The molecular formula is C23H25N3O. The molecule has 0 saturated carbocycles. The number of aromatic nitrogens is 1. The molecule has 1 unspecified atom stereocenters. The third-order valence-electron chi connectivity index (χ3n) is 5.45. The average molecular weight is 359 g/mol. The van der Waals surface area contributed by atoms with E-state index >= 15 is 0 Å². The van der Waals surface area contributed by atoms with E-state index in [0.717, 1.165) is 37.0 Å². The molecule has 4 nitrogen and oxygen atoms in total. The Bertz CT molecular complexity index is 948. The first-order chi connectivity index (χ1) is 13.2. The molecule has 3 aromatic rings. The minimum Gasteiger partial charge on any atom is -0.340 e. The van der Waals surface area contributed by atoms with Crippen molar-refractivity contribution in [1.29, 1.82) is 0 Å². The first-order valence-corrected chi connectivity index (χ1v) is 9.60.